The molecule has 0 radical (unpaired) electrons. The minimum absolute atomic E-state index is 0.106. The fourth-order valence-corrected chi connectivity index (χ4v) is 1.49. The van der Waals surface area contributed by atoms with Gasteiger partial charge >= 0.3 is 0 Å². The summed E-state index contributed by atoms with van der Waals surface area (Å²) in [6.07, 6.45) is 3.24. The normalized spacial score (nSPS) is 9.95. The van der Waals surface area contributed by atoms with E-state index in [0.717, 1.165) is 16.8 Å². The third-order valence-electron chi connectivity index (χ3n) is 2.39. The van der Waals surface area contributed by atoms with E-state index in [2.05, 4.69) is 11.9 Å². The predicted molar refractivity (Wildman–Crippen MR) is 70.2 cm³/mol. The first-order valence-corrected chi connectivity index (χ1v) is 5.79. The van der Waals surface area contributed by atoms with Crippen LogP contribution >= 0.6 is 0 Å². The molecule has 0 aromatic carbocycles. The molecule has 0 unspecified atom stereocenters. The van der Waals surface area contributed by atoms with Crippen molar-refractivity contribution in [3.05, 3.63) is 50.9 Å². The van der Waals surface area contributed by atoms with Gasteiger partial charge in [-0.2, -0.15) is 0 Å². The molecule has 0 aliphatic carbocycles. The lowest BCUT2D eigenvalue weighted by atomic mass is 10.2. The van der Waals surface area contributed by atoms with Crippen LogP contribution in [-0.4, -0.2) is 21.9 Å². The quantitative estimate of drug-likeness (QED) is 0.473. The second-order valence-corrected chi connectivity index (χ2v) is 3.87. The van der Waals surface area contributed by atoms with Crippen molar-refractivity contribution in [2.45, 2.75) is 19.9 Å². The summed E-state index contributed by atoms with van der Waals surface area (Å²) >= 11 is 0. The average molecular weight is 265 g/mol. The van der Waals surface area contributed by atoms with Gasteiger partial charge in [-0.15, -0.1) is 6.58 Å². The molecule has 19 heavy (non-hydrogen) atoms. The first-order valence-electron chi connectivity index (χ1n) is 5.79. The molecule has 1 heterocycles. The van der Waals surface area contributed by atoms with Crippen molar-refractivity contribution in [1.82, 2.24) is 9.88 Å². The van der Waals surface area contributed by atoms with Crippen molar-refractivity contribution in [3.63, 3.8) is 0 Å². The summed E-state index contributed by atoms with van der Waals surface area (Å²) in [4.78, 5) is 33.9. The number of nitrogens with one attached hydrogen (secondary N) is 1. The zero-order valence-corrected chi connectivity index (χ0v) is 10.6. The van der Waals surface area contributed by atoms with Crippen molar-refractivity contribution in [1.29, 1.82) is 0 Å². The number of carbonyl (C=O) groups is 1. The van der Waals surface area contributed by atoms with E-state index in [1.807, 2.05) is 6.92 Å². The third-order valence-corrected chi connectivity index (χ3v) is 2.39. The average Bonchev–Trinajstić information content (AvgIpc) is 2.38. The van der Waals surface area contributed by atoms with Gasteiger partial charge in [-0.05, 0) is 6.42 Å². The molecule has 7 heteroatoms. The molecule has 0 spiro atoms. The summed E-state index contributed by atoms with van der Waals surface area (Å²) in [5, 5.41) is 13.3. The summed E-state index contributed by atoms with van der Waals surface area (Å²) in [5.41, 5.74) is -1.10. The van der Waals surface area contributed by atoms with Crippen LogP contribution in [0.2, 0.25) is 0 Å². The number of allylic oxidation sites excluding steroid dienone is 1. The number of pyridine rings is 1. The van der Waals surface area contributed by atoms with E-state index in [1.165, 1.54) is 6.08 Å². The van der Waals surface area contributed by atoms with Crippen molar-refractivity contribution >= 4 is 11.6 Å². The molecule has 102 valence electrons. The SMILES string of the molecule is C=CCn1cc([N+](=O)[O-])cc(C(=O)NCCC)c1=O. The summed E-state index contributed by atoms with van der Waals surface area (Å²) < 4.78 is 1.09. The Morgan fingerprint density at radius 2 is 2.32 bits per heavy atom. The molecule has 0 bridgehead atoms. The van der Waals surface area contributed by atoms with Crippen LogP contribution in [0.5, 0.6) is 0 Å². The lowest BCUT2D eigenvalue weighted by Crippen LogP contribution is -2.33. The van der Waals surface area contributed by atoms with Crippen molar-refractivity contribution in [2.24, 2.45) is 0 Å². The van der Waals surface area contributed by atoms with Gasteiger partial charge in [-0.1, -0.05) is 13.0 Å². The largest absolute Gasteiger partial charge is 0.352 e. The molecular weight excluding hydrogens is 250 g/mol. The molecule has 7 nitrogen and oxygen atoms in total. The number of carbonyl (C=O) groups excluding carboxylic acids is 1. The lowest BCUT2D eigenvalue weighted by molar-refractivity contribution is -0.385. The Labute approximate surface area is 109 Å². The second kappa shape index (κ2) is 6.48. The molecule has 0 aliphatic rings. The standard InChI is InChI=1S/C12H15N3O4/c1-3-5-13-11(16)10-7-9(15(18)19)8-14(6-4-2)12(10)17/h4,7-8H,2-3,5-6H2,1H3,(H,13,16). The monoisotopic (exact) mass is 265 g/mol. The van der Waals surface area contributed by atoms with Crippen molar-refractivity contribution in [2.75, 3.05) is 6.54 Å². The van der Waals surface area contributed by atoms with Gasteiger partial charge in [0, 0.05) is 19.2 Å². The highest BCUT2D eigenvalue weighted by atomic mass is 16.6. The Kier molecular flexibility index (Phi) is 4.99. The van der Waals surface area contributed by atoms with E-state index < -0.39 is 16.4 Å². The minimum Gasteiger partial charge on any atom is -0.352 e. The van der Waals surface area contributed by atoms with Gasteiger partial charge < -0.3 is 9.88 Å². The Bertz CT molecular complexity index is 563. The summed E-state index contributed by atoms with van der Waals surface area (Å²) in [6.45, 7) is 5.84. The molecular formula is C12H15N3O4. The van der Waals surface area contributed by atoms with E-state index >= 15 is 0 Å². The third kappa shape index (κ3) is 3.51. The molecule has 1 aromatic rings. The molecule has 0 fully saturated rings. The van der Waals surface area contributed by atoms with Gasteiger partial charge in [-0.25, -0.2) is 0 Å². The van der Waals surface area contributed by atoms with Crippen LogP contribution in [0.25, 0.3) is 0 Å². The van der Waals surface area contributed by atoms with Crippen LogP contribution in [-0.2, 0) is 6.54 Å². The van der Waals surface area contributed by atoms with Crippen LogP contribution in [0.15, 0.2) is 29.7 Å². The molecule has 0 aliphatic heterocycles. The number of aromatic nitrogens is 1. The summed E-state index contributed by atoms with van der Waals surface area (Å²) in [5.74, 6) is -0.603. The Morgan fingerprint density at radius 3 is 2.84 bits per heavy atom. The van der Waals surface area contributed by atoms with E-state index in [9.17, 15) is 19.7 Å². The molecule has 1 rings (SSSR count). The van der Waals surface area contributed by atoms with Gasteiger partial charge in [0.2, 0.25) is 0 Å². The highest BCUT2D eigenvalue weighted by molar-refractivity contribution is 5.94. The molecule has 0 saturated heterocycles. The van der Waals surface area contributed by atoms with Gasteiger partial charge in [0.1, 0.15) is 5.56 Å². The molecule has 0 atom stereocenters. The molecule has 1 amide bonds. The highest BCUT2D eigenvalue weighted by Gasteiger charge is 2.18. The maximum absolute atomic E-state index is 12.0. The fraction of sp³-hybridized carbons (Fsp3) is 0.333. The number of amides is 1. The van der Waals surface area contributed by atoms with Crippen LogP contribution in [0, 0.1) is 10.1 Å². The number of rotatable bonds is 6. The minimum atomic E-state index is -0.643. The second-order valence-electron chi connectivity index (χ2n) is 3.87. The Hall–Kier alpha value is -2.44. The number of nitrogens with zero attached hydrogens (tertiary/aromatic N) is 2. The van der Waals surface area contributed by atoms with Gasteiger partial charge in [0.15, 0.2) is 0 Å². The summed E-state index contributed by atoms with van der Waals surface area (Å²) in [7, 11) is 0. The van der Waals surface area contributed by atoms with Crippen LogP contribution in [0.4, 0.5) is 5.69 Å². The summed E-state index contributed by atoms with van der Waals surface area (Å²) in [6, 6.07) is 0.993. The van der Waals surface area contributed by atoms with Crippen LogP contribution < -0.4 is 10.9 Å². The van der Waals surface area contributed by atoms with E-state index in [-0.39, 0.29) is 17.8 Å². The smallest absolute Gasteiger partial charge is 0.286 e. The molecule has 1 aromatic heterocycles. The zero-order valence-electron chi connectivity index (χ0n) is 10.6. The first kappa shape index (κ1) is 14.6. The Morgan fingerprint density at radius 1 is 1.63 bits per heavy atom. The van der Waals surface area contributed by atoms with Crippen molar-refractivity contribution in [3.8, 4) is 0 Å². The van der Waals surface area contributed by atoms with E-state index in [0.29, 0.717) is 13.0 Å². The number of hydrogen-bond donors (Lipinski definition) is 1. The zero-order chi connectivity index (χ0) is 14.4. The van der Waals surface area contributed by atoms with Crippen LogP contribution in [0.3, 0.4) is 0 Å². The maximum Gasteiger partial charge on any atom is 0.286 e. The molecule has 1 N–H and O–H groups in total. The number of hydrogen-bond acceptors (Lipinski definition) is 4. The molecule has 0 saturated carbocycles. The highest BCUT2D eigenvalue weighted by Crippen LogP contribution is 2.10. The van der Waals surface area contributed by atoms with Gasteiger partial charge in [0.05, 0.1) is 11.1 Å². The Balaban J connectivity index is 3.28. The first-order chi connectivity index (χ1) is 9.01. The predicted octanol–water partition coefficient (Wildman–Crippen LogP) is 1.08. The van der Waals surface area contributed by atoms with Gasteiger partial charge in [0.25, 0.3) is 17.2 Å². The maximum atomic E-state index is 12.0. The van der Waals surface area contributed by atoms with Crippen molar-refractivity contribution < 1.29 is 9.72 Å². The fourth-order valence-electron chi connectivity index (χ4n) is 1.49. The van der Waals surface area contributed by atoms with Gasteiger partial charge in [-0.3, -0.25) is 19.7 Å². The topological polar surface area (TPSA) is 94.2 Å². The lowest BCUT2D eigenvalue weighted by Gasteiger charge is -2.07. The number of nitro groups is 1. The van der Waals surface area contributed by atoms with E-state index in [4.69, 9.17) is 0 Å². The van der Waals surface area contributed by atoms with E-state index in [1.54, 1.807) is 0 Å². The van der Waals surface area contributed by atoms with Crippen LogP contribution in [0.1, 0.15) is 23.7 Å².